The lowest BCUT2D eigenvalue weighted by Gasteiger charge is -2.15. The van der Waals surface area contributed by atoms with Gasteiger partial charge in [-0.25, -0.2) is 19.4 Å². The Balaban J connectivity index is 1.49. The molecular formula is C26H22N6O3S. The number of amides is 1. The van der Waals surface area contributed by atoms with Crippen LogP contribution in [0.2, 0.25) is 0 Å². The van der Waals surface area contributed by atoms with Crippen molar-refractivity contribution in [2.45, 2.75) is 22.3 Å². The number of hydroxylamine groups is 1. The molecule has 2 heterocycles. The van der Waals surface area contributed by atoms with Gasteiger partial charge < -0.3 is 4.98 Å². The number of carbonyl (C=O) groups is 1. The van der Waals surface area contributed by atoms with E-state index in [0.29, 0.717) is 22.8 Å². The first-order valence-electron chi connectivity index (χ1n) is 11.1. The Kier molecular flexibility index (Phi) is 6.78. The van der Waals surface area contributed by atoms with Crippen LogP contribution < -0.4 is 5.48 Å². The Bertz CT molecular complexity index is 1530. The van der Waals surface area contributed by atoms with Crippen molar-refractivity contribution in [2.24, 2.45) is 0 Å². The summed E-state index contributed by atoms with van der Waals surface area (Å²) in [5.41, 5.74) is 4.67. The fraction of sp³-hybridized carbons (Fsp3) is 0.0769. The average molecular weight is 499 g/mol. The van der Waals surface area contributed by atoms with E-state index >= 15 is 0 Å². The third-order valence-corrected chi connectivity index (χ3v) is 6.97. The summed E-state index contributed by atoms with van der Waals surface area (Å²) in [4.78, 5) is 20.9. The number of imidazole rings is 1. The molecule has 9 nitrogen and oxygen atoms in total. The van der Waals surface area contributed by atoms with E-state index in [1.165, 1.54) is 6.08 Å². The summed E-state index contributed by atoms with van der Waals surface area (Å²) in [5, 5.41) is 17.1. The van der Waals surface area contributed by atoms with Gasteiger partial charge >= 0.3 is 0 Å². The number of aromatic amines is 1. The predicted octanol–water partition coefficient (Wildman–Crippen LogP) is 3.67. The van der Waals surface area contributed by atoms with Crippen LogP contribution in [0.3, 0.4) is 0 Å². The largest absolute Gasteiger partial charge is 0.340 e. The number of carbonyl (C=O) groups excluding carboxylic acids is 1. The van der Waals surface area contributed by atoms with Crippen LogP contribution in [0.15, 0.2) is 101 Å². The van der Waals surface area contributed by atoms with E-state index in [4.69, 9.17) is 10.2 Å². The molecule has 2 unspecified atom stereocenters. The Morgan fingerprint density at radius 3 is 2.64 bits per heavy atom. The highest BCUT2D eigenvalue weighted by Gasteiger charge is 2.21. The second-order valence-corrected chi connectivity index (χ2v) is 9.50. The van der Waals surface area contributed by atoms with Crippen LogP contribution in [-0.2, 0) is 22.0 Å². The Labute approximate surface area is 208 Å². The molecule has 1 amide bonds. The minimum absolute atomic E-state index is 0.348. The standard InChI is InChI=1S/C26H22N6O3S/c33-25(30-34)14-13-19-17-32(31-29-19)24(26-27-22-11-4-5-12-23(22)28-26)16-18-7-6-10-21(15-18)36(35)20-8-2-1-3-9-20/h1-15,17,24,34H,16H2,(H,27,28)(H,30,33). The van der Waals surface area contributed by atoms with Crippen molar-refractivity contribution >= 4 is 33.8 Å². The molecule has 0 aliphatic carbocycles. The summed E-state index contributed by atoms with van der Waals surface area (Å²) in [5.74, 6) is 0.0286. The van der Waals surface area contributed by atoms with Gasteiger partial charge in [-0.15, -0.1) is 5.10 Å². The zero-order valence-electron chi connectivity index (χ0n) is 19.0. The first-order valence-corrected chi connectivity index (χ1v) is 12.3. The van der Waals surface area contributed by atoms with Crippen molar-refractivity contribution in [2.75, 3.05) is 0 Å². The van der Waals surface area contributed by atoms with Gasteiger partial charge in [-0.1, -0.05) is 47.7 Å². The van der Waals surface area contributed by atoms with Crippen molar-refractivity contribution in [1.29, 1.82) is 0 Å². The summed E-state index contributed by atoms with van der Waals surface area (Å²) in [7, 11) is -1.30. The lowest BCUT2D eigenvalue weighted by molar-refractivity contribution is -0.124. The SMILES string of the molecule is O=C(C=Cc1cn(C(Cc2cccc(S(=O)c3ccccc3)c2)c2nc3ccccc3[nH]2)nn1)NO. The summed E-state index contributed by atoms with van der Waals surface area (Å²) in [6.07, 6.45) is 4.82. The van der Waals surface area contributed by atoms with Crippen molar-refractivity contribution < 1.29 is 14.2 Å². The molecule has 3 N–H and O–H groups in total. The number of aromatic nitrogens is 5. The Morgan fingerprint density at radius 1 is 1.06 bits per heavy atom. The van der Waals surface area contributed by atoms with Gasteiger partial charge in [0, 0.05) is 22.3 Å². The average Bonchev–Trinajstić information content (AvgIpc) is 3.58. The van der Waals surface area contributed by atoms with Gasteiger partial charge in [0.25, 0.3) is 5.91 Å². The van der Waals surface area contributed by atoms with E-state index in [0.717, 1.165) is 27.6 Å². The van der Waals surface area contributed by atoms with Crippen LogP contribution in [0, 0.1) is 0 Å². The van der Waals surface area contributed by atoms with Gasteiger partial charge in [0.2, 0.25) is 0 Å². The fourth-order valence-electron chi connectivity index (χ4n) is 3.85. The Morgan fingerprint density at radius 2 is 1.83 bits per heavy atom. The molecule has 5 rings (SSSR count). The highest BCUT2D eigenvalue weighted by atomic mass is 32.2. The highest BCUT2D eigenvalue weighted by Crippen LogP contribution is 2.25. The van der Waals surface area contributed by atoms with Crippen LogP contribution >= 0.6 is 0 Å². The summed E-state index contributed by atoms with van der Waals surface area (Å²) in [6.45, 7) is 0. The van der Waals surface area contributed by atoms with Gasteiger partial charge in [0.05, 0.1) is 28.0 Å². The topological polar surface area (TPSA) is 126 Å². The molecule has 2 aromatic heterocycles. The van der Waals surface area contributed by atoms with E-state index in [1.807, 2.05) is 78.9 Å². The van der Waals surface area contributed by atoms with Crippen LogP contribution in [0.4, 0.5) is 0 Å². The number of para-hydroxylation sites is 2. The van der Waals surface area contributed by atoms with Crippen molar-refractivity contribution in [3.8, 4) is 0 Å². The molecule has 0 spiro atoms. The van der Waals surface area contributed by atoms with Crippen LogP contribution in [0.1, 0.15) is 23.1 Å². The maximum Gasteiger partial charge on any atom is 0.267 e. The molecular weight excluding hydrogens is 476 g/mol. The number of hydrogen-bond donors (Lipinski definition) is 3. The lowest BCUT2D eigenvalue weighted by Crippen LogP contribution is -2.16. The lowest BCUT2D eigenvalue weighted by atomic mass is 10.1. The molecule has 0 bridgehead atoms. The molecule has 0 radical (unpaired) electrons. The minimum Gasteiger partial charge on any atom is -0.340 e. The maximum atomic E-state index is 13.1. The minimum atomic E-state index is -1.30. The number of H-pyrrole nitrogens is 1. The van der Waals surface area contributed by atoms with E-state index in [1.54, 1.807) is 16.4 Å². The summed E-state index contributed by atoms with van der Waals surface area (Å²) < 4.78 is 14.8. The molecule has 10 heteroatoms. The van der Waals surface area contributed by atoms with E-state index in [-0.39, 0.29) is 6.04 Å². The van der Waals surface area contributed by atoms with Gasteiger partial charge in [0.15, 0.2) is 0 Å². The summed E-state index contributed by atoms with van der Waals surface area (Å²) >= 11 is 0. The zero-order chi connectivity index (χ0) is 24.9. The third-order valence-electron chi connectivity index (χ3n) is 5.59. The predicted molar refractivity (Wildman–Crippen MR) is 134 cm³/mol. The third kappa shape index (κ3) is 5.14. The molecule has 180 valence electrons. The monoisotopic (exact) mass is 498 g/mol. The first-order chi connectivity index (χ1) is 17.6. The smallest absolute Gasteiger partial charge is 0.267 e. The van der Waals surface area contributed by atoms with Gasteiger partial charge in [0.1, 0.15) is 17.6 Å². The van der Waals surface area contributed by atoms with Gasteiger partial charge in [-0.05, 0) is 48.0 Å². The zero-order valence-corrected chi connectivity index (χ0v) is 19.8. The van der Waals surface area contributed by atoms with Gasteiger partial charge in [-0.2, -0.15) is 0 Å². The molecule has 0 saturated heterocycles. The molecule has 0 fully saturated rings. The second kappa shape index (κ2) is 10.5. The van der Waals surface area contributed by atoms with Crippen LogP contribution in [-0.4, -0.2) is 40.3 Å². The van der Waals surface area contributed by atoms with E-state index in [9.17, 15) is 9.00 Å². The molecule has 5 aromatic rings. The maximum absolute atomic E-state index is 13.1. The van der Waals surface area contributed by atoms with Crippen LogP contribution in [0.25, 0.3) is 17.1 Å². The molecule has 0 aliphatic heterocycles. The van der Waals surface area contributed by atoms with Crippen molar-refractivity contribution in [3.05, 3.63) is 108 Å². The molecule has 3 aromatic carbocycles. The number of nitrogens with zero attached hydrogens (tertiary/aromatic N) is 4. The molecule has 0 aliphatic rings. The number of nitrogens with one attached hydrogen (secondary N) is 2. The van der Waals surface area contributed by atoms with E-state index in [2.05, 4.69) is 15.3 Å². The Hall–Kier alpha value is -4.41. The highest BCUT2D eigenvalue weighted by molar-refractivity contribution is 7.85. The number of hydrogen-bond acceptors (Lipinski definition) is 6. The number of fused-ring (bicyclic) bond motifs is 1. The normalized spacial score (nSPS) is 13.1. The van der Waals surface area contributed by atoms with Gasteiger partial charge in [-0.3, -0.25) is 10.0 Å². The number of rotatable bonds is 8. The number of benzene rings is 3. The van der Waals surface area contributed by atoms with Crippen molar-refractivity contribution in [1.82, 2.24) is 30.4 Å². The fourth-order valence-corrected chi connectivity index (χ4v) is 4.99. The summed E-state index contributed by atoms with van der Waals surface area (Å²) in [6, 6.07) is 24.4. The van der Waals surface area contributed by atoms with Crippen LogP contribution in [0.5, 0.6) is 0 Å². The molecule has 0 saturated carbocycles. The quantitative estimate of drug-likeness (QED) is 0.170. The first kappa shape index (κ1) is 23.3. The van der Waals surface area contributed by atoms with Crippen molar-refractivity contribution in [3.63, 3.8) is 0 Å². The van der Waals surface area contributed by atoms with E-state index < -0.39 is 16.7 Å². The second-order valence-electron chi connectivity index (χ2n) is 8.02. The molecule has 36 heavy (non-hydrogen) atoms. The molecule has 2 atom stereocenters.